The highest BCUT2D eigenvalue weighted by Gasteiger charge is 2.32. The van der Waals surface area contributed by atoms with Crippen LogP contribution in [0.3, 0.4) is 0 Å². The molecule has 0 spiro atoms. The quantitative estimate of drug-likeness (QED) is 0.512. The first-order chi connectivity index (χ1) is 14.5. The molecule has 0 saturated carbocycles. The molecule has 0 bridgehead atoms. The van der Waals surface area contributed by atoms with Crippen molar-refractivity contribution < 1.29 is 14.3 Å². The Labute approximate surface area is 190 Å². The Bertz CT molecular complexity index is 957. The summed E-state index contributed by atoms with van der Waals surface area (Å²) in [7, 11) is 0. The number of amidine groups is 1. The fraction of sp³-hybridized carbons (Fsp3) is 0.304. The summed E-state index contributed by atoms with van der Waals surface area (Å²) in [6.07, 6.45) is 0. The normalized spacial score (nSPS) is 16.0. The van der Waals surface area contributed by atoms with Gasteiger partial charge in [-0.15, -0.1) is 0 Å². The predicted octanol–water partition coefficient (Wildman–Crippen LogP) is 5.62. The molecule has 0 aromatic heterocycles. The lowest BCUT2D eigenvalue weighted by Gasteiger charge is -2.27. The number of nitrogens with one attached hydrogen (secondary N) is 1. The van der Waals surface area contributed by atoms with Crippen LogP contribution in [-0.2, 0) is 15.3 Å². The number of hydrogen-bond acceptors (Lipinski definition) is 6. The monoisotopic (exact) mass is 488 g/mol. The lowest BCUT2D eigenvalue weighted by Crippen LogP contribution is -2.30. The van der Waals surface area contributed by atoms with E-state index in [0.29, 0.717) is 18.8 Å². The van der Waals surface area contributed by atoms with Gasteiger partial charge in [-0.05, 0) is 44.5 Å². The molecule has 0 amide bonds. The van der Waals surface area contributed by atoms with Crippen molar-refractivity contribution in [2.24, 2.45) is 4.99 Å². The van der Waals surface area contributed by atoms with Gasteiger partial charge in [0.15, 0.2) is 5.17 Å². The fourth-order valence-electron chi connectivity index (χ4n) is 3.14. The Kier molecular flexibility index (Phi) is 7.99. The maximum atomic E-state index is 12.7. The molecule has 5 nitrogen and oxygen atoms in total. The molecule has 0 unspecified atom stereocenters. The molecule has 1 N–H and O–H groups in total. The van der Waals surface area contributed by atoms with E-state index >= 15 is 0 Å². The van der Waals surface area contributed by atoms with Crippen molar-refractivity contribution in [1.29, 1.82) is 0 Å². The number of nitrogens with zero attached hydrogens (tertiary/aromatic N) is 1. The molecule has 7 heteroatoms. The zero-order chi connectivity index (χ0) is 21.5. The van der Waals surface area contributed by atoms with Gasteiger partial charge in [-0.1, -0.05) is 58.0 Å². The number of hydrogen-bond donors (Lipinski definition) is 1. The van der Waals surface area contributed by atoms with Crippen molar-refractivity contribution in [1.82, 2.24) is 5.32 Å². The van der Waals surface area contributed by atoms with Crippen molar-refractivity contribution in [2.75, 3.05) is 13.2 Å². The summed E-state index contributed by atoms with van der Waals surface area (Å²) in [5, 5.41) is 4.04. The number of aliphatic imine (C=N–C) groups is 1. The molecule has 0 fully saturated rings. The molecule has 3 rings (SSSR count). The van der Waals surface area contributed by atoms with E-state index in [2.05, 4.69) is 33.4 Å². The number of carbonyl (C=O) groups excluding carboxylic acids is 1. The Balaban J connectivity index is 1.92. The predicted molar refractivity (Wildman–Crippen MR) is 126 cm³/mol. The summed E-state index contributed by atoms with van der Waals surface area (Å²) in [4.78, 5) is 17.6. The van der Waals surface area contributed by atoms with Crippen LogP contribution in [-0.4, -0.2) is 24.4 Å². The van der Waals surface area contributed by atoms with E-state index in [1.54, 1.807) is 18.7 Å². The number of rotatable bonds is 7. The van der Waals surface area contributed by atoms with E-state index in [0.717, 1.165) is 32.4 Å². The van der Waals surface area contributed by atoms with Crippen LogP contribution < -0.4 is 10.1 Å². The molecular formula is C23H25BrN2O3S. The molecule has 1 atom stereocenters. The van der Waals surface area contributed by atoms with Crippen molar-refractivity contribution in [3.05, 3.63) is 75.4 Å². The van der Waals surface area contributed by atoms with Gasteiger partial charge < -0.3 is 14.8 Å². The first-order valence-electron chi connectivity index (χ1n) is 9.85. The van der Waals surface area contributed by atoms with Crippen LogP contribution in [0.4, 0.5) is 0 Å². The standard InChI is InChI=1S/C23H25BrN2O3S/c1-4-28-19-9-7-6-8-18(19)21-20(22(27)29-5-2)15(3)25-23(26-21)30-14-16-10-12-17(24)13-11-16/h6-13,21H,4-5,14H2,1-3H3,(H,25,26)/t21-/m0/s1. The highest BCUT2D eigenvalue weighted by atomic mass is 79.9. The highest BCUT2D eigenvalue weighted by Crippen LogP contribution is 2.37. The first-order valence-corrected chi connectivity index (χ1v) is 11.6. The molecule has 30 heavy (non-hydrogen) atoms. The average Bonchev–Trinajstić information content (AvgIpc) is 2.73. The molecule has 1 heterocycles. The van der Waals surface area contributed by atoms with Gasteiger partial charge in [0.25, 0.3) is 0 Å². The van der Waals surface area contributed by atoms with Crippen LogP contribution in [0, 0.1) is 0 Å². The van der Waals surface area contributed by atoms with Crippen molar-refractivity contribution in [3.63, 3.8) is 0 Å². The van der Waals surface area contributed by atoms with Crippen LogP contribution in [0.1, 0.15) is 37.9 Å². The highest BCUT2D eigenvalue weighted by molar-refractivity contribution is 9.10. The third kappa shape index (κ3) is 5.46. The zero-order valence-corrected chi connectivity index (χ0v) is 19.7. The second kappa shape index (κ2) is 10.7. The molecule has 158 valence electrons. The number of para-hydroxylation sites is 1. The van der Waals surface area contributed by atoms with Crippen molar-refractivity contribution in [3.8, 4) is 5.75 Å². The van der Waals surface area contributed by atoms with Gasteiger partial charge in [-0.3, -0.25) is 0 Å². The van der Waals surface area contributed by atoms with Gasteiger partial charge in [-0.25, -0.2) is 9.79 Å². The van der Waals surface area contributed by atoms with E-state index in [1.165, 1.54) is 5.56 Å². The van der Waals surface area contributed by atoms with E-state index in [4.69, 9.17) is 14.5 Å². The summed E-state index contributed by atoms with van der Waals surface area (Å²) in [6, 6.07) is 15.4. The molecular weight excluding hydrogens is 464 g/mol. The summed E-state index contributed by atoms with van der Waals surface area (Å²) < 4.78 is 12.2. The van der Waals surface area contributed by atoms with Crippen LogP contribution >= 0.6 is 27.7 Å². The van der Waals surface area contributed by atoms with Crippen LogP contribution in [0.15, 0.2) is 69.3 Å². The van der Waals surface area contributed by atoms with Crippen LogP contribution in [0.25, 0.3) is 0 Å². The Morgan fingerprint density at radius 2 is 1.87 bits per heavy atom. The molecule has 0 radical (unpaired) electrons. The van der Waals surface area contributed by atoms with E-state index in [-0.39, 0.29) is 5.97 Å². The number of ether oxygens (including phenoxy) is 2. The van der Waals surface area contributed by atoms with Crippen LogP contribution in [0.2, 0.25) is 0 Å². The fourth-order valence-corrected chi connectivity index (χ4v) is 4.31. The maximum absolute atomic E-state index is 12.7. The van der Waals surface area contributed by atoms with Crippen molar-refractivity contribution >= 4 is 38.8 Å². The van der Waals surface area contributed by atoms with Gasteiger partial charge in [0.2, 0.25) is 0 Å². The average molecular weight is 489 g/mol. The Morgan fingerprint density at radius 3 is 2.57 bits per heavy atom. The lowest BCUT2D eigenvalue weighted by atomic mass is 9.96. The smallest absolute Gasteiger partial charge is 0.338 e. The van der Waals surface area contributed by atoms with E-state index < -0.39 is 6.04 Å². The number of benzene rings is 2. The second-order valence-corrected chi connectivity index (χ2v) is 8.49. The van der Waals surface area contributed by atoms with Gasteiger partial charge >= 0.3 is 5.97 Å². The van der Waals surface area contributed by atoms with Gasteiger partial charge in [-0.2, -0.15) is 0 Å². The van der Waals surface area contributed by atoms with Crippen LogP contribution in [0.5, 0.6) is 5.75 Å². The van der Waals surface area contributed by atoms with Gasteiger partial charge in [0.05, 0.1) is 18.8 Å². The topological polar surface area (TPSA) is 59.9 Å². The summed E-state index contributed by atoms with van der Waals surface area (Å²) in [5.41, 5.74) is 3.30. The Hall–Kier alpha value is -2.25. The second-order valence-electron chi connectivity index (χ2n) is 6.61. The number of carbonyl (C=O) groups is 1. The minimum absolute atomic E-state index is 0.310. The van der Waals surface area contributed by atoms with E-state index in [1.807, 2.05) is 50.2 Å². The minimum Gasteiger partial charge on any atom is -0.494 e. The maximum Gasteiger partial charge on any atom is 0.338 e. The summed E-state index contributed by atoms with van der Waals surface area (Å²) in [5.74, 6) is 1.13. The molecule has 1 aliphatic heterocycles. The number of allylic oxidation sites excluding steroid dienone is 1. The largest absolute Gasteiger partial charge is 0.494 e. The van der Waals surface area contributed by atoms with E-state index in [9.17, 15) is 4.79 Å². The first kappa shape index (κ1) is 22.4. The third-order valence-electron chi connectivity index (χ3n) is 4.52. The number of thioether (sulfide) groups is 1. The third-order valence-corrected chi connectivity index (χ3v) is 6.00. The molecule has 2 aromatic rings. The number of esters is 1. The molecule has 2 aromatic carbocycles. The minimum atomic E-state index is -0.486. The van der Waals surface area contributed by atoms with Gasteiger partial charge in [0.1, 0.15) is 11.8 Å². The molecule has 1 aliphatic rings. The summed E-state index contributed by atoms with van der Waals surface area (Å²) in [6.45, 7) is 6.47. The lowest BCUT2D eigenvalue weighted by molar-refractivity contribution is -0.138. The Morgan fingerprint density at radius 1 is 1.13 bits per heavy atom. The van der Waals surface area contributed by atoms with Gasteiger partial charge in [0, 0.05) is 21.5 Å². The SMILES string of the molecule is CCOC(=O)C1=C(C)NC(SCc2ccc(Br)cc2)=N[C@H]1c1ccccc1OCC. The number of halogens is 1. The molecule has 0 aliphatic carbocycles. The van der Waals surface area contributed by atoms with Crippen molar-refractivity contribution in [2.45, 2.75) is 32.6 Å². The zero-order valence-electron chi connectivity index (χ0n) is 17.3. The summed E-state index contributed by atoms with van der Waals surface area (Å²) >= 11 is 5.06. The molecule has 0 saturated heterocycles.